The summed E-state index contributed by atoms with van der Waals surface area (Å²) in [6.45, 7) is 5.23. The Kier molecular flexibility index (Phi) is 8.20. The number of alkyl halides is 2. The number of amides is 1. The van der Waals surface area contributed by atoms with Crippen LogP contribution in [0.1, 0.15) is 0 Å². The number of fused-ring (bicyclic) bond motifs is 1. The number of aliphatic hydroxyl groups excluding tert-OH is 1. The molecule has 3 aromatic rings. The Balaban J connectivity index is 1.30. The smallest absolute Gasteiger partial charge is 0.315 e. The van der Waals surface area contributed by atoms with Gasteiger partial charge in [-0.05, 0) is 18.2 Å². The summed E-state index contributed by atoms with van der Waals surface area (Å²) >= 11 is 0. The number of hydrogen-bond acceptors (Lipinski definition) is 9. The van der Waals surface area contributed by atoms with Crippen LogP contribution < -0.4 is 10.2 Å². The van der Waals surface area contributed by atoms with Gasteiger partial charge in [-0.3, -0.25) is 14.7 Å². The first-order valence-electron chi connectivity index (χ1n) is 12.7. The van der Waals surface area contributed by atoms with Gasteiger partial charge in [0.2, 0.25) is 0 Å². The van der Waals surface area contributed by atoms with Crippen molar-refractivity contribution in [1.82, 2.24) is 24.8 Å². The van der Waals surface area contributed by atoms with Gasteiger partial charge in [0.1, 0.15) is 5.52 Å². The van der Waals surface area contributed by atoms with Gasteiger partial charge in [0, 0.05) is 76.0 Å². The molecule has 5 rings (SSSR count). The van der Waals surface area contributed by atoms with Crippen LogP contribution in [0.2, 0.25) is 0 Å². The number of hydrogen-bond donors (Lipinski definition) is 2. The minimum absolute atomic E-state index is 0.0786. The summed E-state index contributed by atoms with van der Waals surface area (Å²) in [5, 5.41) is 12.4. The highest BCUT2D eigenvalue weighted by Crippen LogP contribution is 2.28. The van der Waals surface area contributed by atoms with Crippen molar-refractivity contribution in [2.24, 2.45) is 0 Å². The quantitative estimate of drug-likeness (QED) is 0.453. The van der Waals surface area contributed by atoms with E-state index < -0.39 is 18.4 Å². The van der Waals surface area contributed by atoms with Crippen molar-refractivity contribution in [3.63, 3.8) is 0 Å². The average molecular weight is 528 g/mol. The van der Waals surface area contributed by atoms with Crippen LogP contribution in [0, 0.1) is 0 Å². The number of rotatable bonds is 8. The Labute approximate surface area is 219 Å². The van der Waals surface area contributed by atoms with Gasteiger partial charge in [0.05, 0.1) is 30.5 Å². The zero-order valence-electron chi connectivity index (χ0n) is 21.0. The van der Waals surface area contributed by atoms with Crippen LogP contribution in [0.15, 0.2) is 42.7 Å². The third-order valence-corrected chi connectivity index (χ3v) is 6.91. The first-order chi connectivity index (χ1) is 18.5. The predicted octanol–water partition coefficient (Wildman–Crippen LogP) is 1.71. The van der Waals surface area contributed by atoms with E-state index in [4.69, 9.17) is 14.8 Å². The molecule has 12 heteroatoms. The minimum Gasteiger partial charge on any atom is -0.395 e. The lowest BCUT2D eigenvalue weighted by atomic mass is 10.1. The highest BCUT2D eigenvalue weighted by atomic mass is 19.3. The van der Waals surface area contributed by atoms with Gasteiger partial charge in [0.25, 0.3) is 5.91 Å². The number of aromatic nitrogens is 3. The maximum atomic E-state index is 12.9. The standard InChI is InChI=1S/C26H31F2N7O3/c27-24(28)26(37)35-12-14-38-20(17-35)16-31-25-23-22(29-5-6-30-23)15-21(32-25)18-1-3-19(4-2-18)34-9-7-33(8-10-34)11-13-36/h1-6,15,20,24,36H,7-14,16-17H2,(H,31,32). The molecule has 0 spiro atoms. The molecule has 1 amide bonds. The van der Waals surface area contributed by atoms with E-state index in [0.717, 1.165) is 48.0 Å². The van der Waals surface area contributed by atoms with Gasteiger partial charge in [0.15, 0.2) is 5.82 Å². The van der Waals surface area contributed by atoms with E-state index in [2.05, 4.69) is 37.2 Å². The van der Waals surface area contributed by atoms with Crippen LogP contribution in [0.25, 0.3) is 22.3 Å². The largest absolute Gasteiger partial charge is 0.395 e. The molecule has 2 saturated heterocycles. The molecule has 2 N–H and O–H groups in total. The second-order valence-electron chi connectivity index (χ2n) is 9.34. The molecular weight excluding hydrogens is 496 g/mol. The Morgan fingerprint density at radius 1 is 1.11 bits per heavy atom. The molecule has 2 aliphatic rings. The monoisotopic (exact) mass is 527 g/mol. The zero-order valence-corrected chi connectivity index (χ0v) is 21.0. The molecular formula is C26H31F2N7O3. The fraction of sp³-hybridized carbons (Fsp3) is 0.462. The molecule has 0 aliphatic carbocycles. The van der Waals surface area contributed by atoms with Crippen LogP contribution in [0.3, 0.4) is 0 Å². The number of aliphatic hydroxyl groups is 1. The molecule has 1 atom stereocenters. The van der Waals surface area contributed by atoms with E-state index in [1.54, 1.807) is 12.4 Å². The third-order valence-electron chi connectivity index (χ3n) is 6.91. The lowest BCUT2D eigenvalue weighted by Crippen LogP contribution is -2.49. The fourth-order valence-corrected chi connectivity index (χ4v) is 4.85. The van der Waals surface area contributed by atoms with Crippen molar-refractivity contribution >= 4 is 28.4 Å². The van der Waals surface area contributed by atoms with Gasteiger partial charge < -0.3 is 25.0 Å². The first kappa shape index (κ1) is 26.1. The highest BCUT2D eigenvalue weighted by Gasteiger charge is 2.29. The van der Waals surface area contributed by atoms with Crippen LogP contribution >= 0.6 is 0 Å². The lowest BCUT2D eigenvalue weighted by molar-refractivity contribution is -0.149. The third kappa shape index (κ3) is 5.98. The van der Waals surface area contributed by atoms with Crippen molar-refractivity contribution in [2.45, 2.75) is 12.5 Å². The number of carbonyl (C=O) groups excluding carboxylic acids is 1. The topological polar surface area (TPSA) is 107 Å². The summed E-state index contributed by atoms with van der Waals surface area (Å²) in [7, 11) is 0. The Hall–Kier alpha value is -3.48. The Morgan fingerprint density at radius 3 is 2.61 bits per heavy atom. The molecule has 4 heterocycles. The molecule has 0 saturated carbocycles. The second kappa shape index (κ2) is 11.9. The number of carbonyl (C=O) groups is 1. The average Bonchev–Trinajstić information content (AvgIpc) is 2.96. The molecule has 2 aromatic heterocycles. The lowest BCUT2D eigenvalue weighted by Gasteiger charge is -2.35. The number of pyridine rings is 1. The summed E-state index contributed by atoms with van der Waals surface area (Å²) < 4.78 is 31.4. The van der Waals surface area contributed by atoms with Gasteiger partial charge >= 0.3 is 6.43 Å². The maximum absolute atomic E-state index is 12.9. The van der Waals surface area contributed by atoms with E-state index in [-0.39, 0.29) is 32.8 Å². The molecule has 1 unspecified atom stereocenters. The molecule has 10 nitrogen and oxygen atoms in total. The first-order valence-corrected chi connectivity index (χ1v) is 12.7. The summed E-state index contributed by atoms with van der Waals surface area (Å²) in [4.78, 5) is 31.1. The van der Waals surface area contributed by atoms with E-state index in [1.807, 2.05) is 18.2 Å². The van der Waals surface area contributed by atoms with E-state index >= 15 is 0 Å². The van der Waals surface area contributed by atoms with Gasteiger partial charge in [-0.15, -0.1) is 0 Å². The van der Waals surface area contributed by atoms with E-state index in [9.17, 15) is 13.6 Å². The molecule has 202 valence electrons. The van der Waals surface area contributed by atoms with Crippen molar-refractivity contribution in [3.8, 4) is 11.3 Å². The highest BCUT2D eigenvalue weighted by molar-refractivity contribution is 5.88. The normalized spacial score (nSPS) is 18.8. The summed E-state index contributed by atoms with van der Waals surface area (Å²) in [5.41, 5.74) is 4.03. The summed E-state index contributed by atoms with van der Waals surface area (Å²) in [5.74, 6) is -0.666. The number of morpholine rings is 1. The van der Waals surface area contributed by atoms with Gasteiger partial charge in [-0.2, -0.15) is 8.78 Å². The number of nitrogens with zero attached hydrogens (tertiary/aromatic N) is 6. The molecule has 1 aromatic carbocycles. The van der Waals surface area contributed by atoms with Crippen LogP contribution in [0.4, 0.5) is 20.3 Å². The number of piperazine rings is 1. The number of halogens is 2. The maximum Gasteiger partial charge on any atom is 0.315 e. The van der Waals surface area contributed by atoms with Gasteiger partial charge in [-0.1, -0.05) is 12.1 Å². The molecule has 0 radical (unpaired) electrons. The predicted molar refractivity (Wildman–Crippen MR) is 139 cm³/mol. The number of benzene rings is 1. The van der Waals surface area contributed by atoms with Crippen LogP contribution in [-0.2, 0) is 9.53 Å². The zero-order chi connectivity index (χ0) is 26.5. The molecule has 0 bridgehead atoms. The molecule has 2 fully saturated rings. The van der Waals surface area contributed by atoms with E-state index in [1.165, 1.54) is 0 Å². The number of nitrogens with one attached hydrogen (secondary N) is 1. The SMILES string of the molecule is O=C(C(F)F)N1CCOC(CNc2nc(-c3ccc(N4CCN(CCO)CC4)cc3)cc3nccnc23)C1. The van der Waals surface area contributed by atoms with Crippen LogP contribution in [0.5, 0.6) is 0 Å². The molecule has 2 aliphatic heterocycles. The fourth-order valence-electron chi connectivity index (χ4n) is 4.85. The second-order valence-corrected chi connectivity index (χ2v) is 9.34. The van der Waals surface area contributed by atoms with Crippen molar-refractivity contribution in [2.75, 3.05) is 75.8 Å². The Morgan fingerprint density at radius 2 is 1.87 bits per heavy atom. The Bertz CT molecular complexity index is 1240. The van der Waals surface area contributed by atoms with Crippen molar-refractivity contribution in [1.29, 1.82) is 0 Å². The number of anilines is 2. The van der Waals surface area contributed by atoms with E-state index in [0.29, 0.717) is 23.4 Å². The van der Waals surface area contributed by atoms with Crippen molar-refractivity contribution < 1.29 is 23.4 Å². The summed E-state index contributed by atoms with van der Waals surface area (Å²) in [6.07, 6.45) is -0.278. The molecule has 38 heavy (non-hydrogen) atoms. The number of β-amino-alcohol motifs (C(OH)–C–C–N with tert-alkyl or cyclic N) is 1. The van der Waals surface area contributed by atoms with Crippen molar-refractivity contribution in [3.05, 3.63) is 42.7 Å². The number of ether oxygens (including phenoxy) is 1. The van der Waals surface area contributed by atoms with Crippen LogP contribution in [-0.4, -0.2) is 114 Å². The summed E-state index contributed by atoms with van der Waals surface area (Å²) in [6, 6.07) is 10.1. The van der Waals surface area contributed by atoms with Gasteiger partial charge in [-0.25, -0.2) is 9.97 Å². The minimum atomic E-state index is -3.03.